The van der Waals surface area contributed by atoms with Gasteiger partial charge in [0.2, 0.25) is 0 Å². The molecule has 0 bridgehead atoms. The highest BCUT2D eigenvalue weighted by Gasteiger charge is 2.37. The molecule has 10 heteroatoms. The van der Waals surface area contributed by atoms with E-state index in [2.05, 4.69) is 20.6 Å². The van der Waals surface area contributed by atoms with E-state index in [1.165, 1.54) is 4.68 Å². The lowest BCUT2D eigenvalue weighted by Gasteiger charge is -2.08. The Morgan fingerprint density at radius 1 is 1.46 bits per heavy atom. The van der Waals surface area contributed by atoms with Crippen LogP contribution in [0.25, 0.3) is 0 Å². The zero-order valence-electron chi connectivity index (χ0n) is 12.5. The molecule has 0 radical (unpaired) electrons. The second kappa shape index (κ2) is 6.73. The Morgan fingerprint density at radius 2 is 2.21 bits per heavy atom. The van der Waals surface area contributed by atoms with Crippen LogP contribution in [-0.2, 0) is 12.7 Å². The molecule has 1 aliphatic carbocycles. The van der Waals surface area contributed by atoms with Gasteiger partial charge in [0, 0.05) is 24.7 Å². The van der Waals surface area contributed by atoms with Crippen LogP contribution in [0, 0.1) is 3.57 Å². The van der Waals surface area contributed by atoms with Crippen LogP contribution in [0.3, 0.4) is 0 Å². The molecule has 0 atom stereocenters. The third-order valence-electron chi connectivity index (χ3n) is 3.75. The molecule has 3 rings (SSSR count). The van der Waals surface area contributed by atoms with E-state index in [1.54, 1.807) is 6.20 Å². The second-order valence-electron chi connectivity index (χ2n) is 5.65. The van der Waals surface area contributed by atoms with Gasteiger partial charge in [-0.25, -0.2) is 0 Å². The summed E-state index contributed by atoms with van der Waals surface area (Å²) < 4.78 is 40.6. The first-order chi connectivity index (χ1) is 11.4. The van der Waals surface area contributed by atoms with Gasteiger partial charge in [-0.15, -0.1) is 0 Å². The fraction of sp³-hybridized carbons (Fsp3) is 0.500. The molecule has 2 heterocycles. The highest BCUT2D eigenvalue weighted by atomic mass is 127. The number of aromatic amines is 1. The van der Waals surface area contributed by atoms with Gasteiger partial charge in [-0.3, -0.25) is 14.6 Å². The maximum Gasteiger partial charge on any atom is 0.435 e. The van der Waals surface area contributed by atoms with E-state index in [4.69, 9.17) is 0 Å². The van der Waals surface area contributed by atoms with Crippen molar-refractivity contribution in [2.24, 2.45) is 0 Å². The Hall–Kier alpha value is -1.59. The van der Waals surface area contributed by atoms with Gasteiger partial charge in [-0.05, 0) is 47.9 Å². The number of hydrogen-bond acceptors (Lipinski definition) is 3. The average Bonchev–Trinajstić information content (AvgIpc) is 3.11. The number of aromatic nitrogens is 4. The number of nitrogens with zero attached hydrogens (tertiary/aromatic N) is 3. The molecule has 1 aliphatic rings. The maximum atomic E-state index is 12.8. The van der Waals surface area contributed by atoms with Gasteiger partial charge in [0.05, 0.1) is 9.77 Å². The molecule has 2 aromatic rings. The Labute approximate surface area is 149 Å². The van der Waals surface area contributed by atoms with Gasteiger partial charge in [-0.2, -0.15) is 23.4 Å². The Bertz CT molecular complexity index is 735. The highest BCUT2D eigenvalue weighted by molar-refractivity contribution is 14.1. The van der Waals surface area contributed by atoms with Gasteiger partial charge >= 0.3 is 6.18 Å². The van der Waals surface area contributed by atoms with Crippen molar-refractivity contribution in [3.8, 4) is 0 Å². The number of carbonyl (C=O) groups excluding carboxylic acids is 1. The number of amides is 1. The topological polar surface area (TPSA) is 75.6 Å². The van der Waals surface area contributed by atoms with Crippen molar-refractivity contribution in [3.05, 3.63) is 32.9 Å². The molecule has 24 heavy (non-hydrogen) atoms. The number of rotatable bonds is 6. The molecule has 6 nitrogen and oxygen atoms in total. The van der Waals surface area contributed by atoms with Crippen LogP contribution in [0.15, 0.2) is 12.3 Å². The minimum Gasteiger partial charge on any atom is -0.351 e. The Morgan fingerprint density at radius 3 is 2.79 bits per heavy atom. The van der Waals surface area contributed by atoms with Crippen molar-refractivity contribution in [1.82, 2.24) is 25.3 Å². The lowest BCUT2D eigenvalue weighted by atomic mass is 10.2. The summed E-state index contributed by atoms with van der Waals surface area (Å²) in [5.41, 5.74) is 0.171. The van der Waals surface area contributed by atoms with Crippen LogP contribution in [0.2, 0.25) is 0 Å². The molecule has 0 spiro atoms. The van der Waals surface area contributed by atoms with Crippen LogP contribution in [-0.4, -0.2) is 32.4 Å². The minimum absolute atomic E-state index is 0.176. The molecule has 0 aliphatic heterocycles. The van der Waals surface area contributed by atoms with Crippen LogP contribution >= 0.6 is 22.6 Å². The van der Waals surface area contributed by atoms with E-state index < -0.39 is 11.9 Å². The standard InChI is InChI=1S/C14H15F3IN5O/c15-14(16,17)11-6-10(8-2-3-8)23(22-11)5-1-4-19-13(24)12-9(18)7-20-21-12/h6-8H,1-5H2,(H,19,24)(H,20,21). The molecule has 2 aromatic heterocycles. The first-order valence-electron chi connectivity index (χ1n) is 7.48. The summed E-state index contributed by atoms with van der Waals surface area (Å²) in [6.45, 7) is 0.682. The molecule has 0 saturated heterocycles. The quantitative estimate of drug-likeness (QED) is 0.522. The number of carbonyl (C=O) groups is 1. The molecule has 130 valence electrons. The number of aryl methyl sites for hydroxylation is 1. The summed E-state index contributed by atoms with van der Waals surface area (Å²) in [6.07, 6.45) is -0.592. The molecule has 0 aromatic carbocycles. The van der Waals surface area contributed by atoms with Gasteiger partial charge in [0.25, 0.3) is 5.91 Å². The fourth-order valence-corrected chi connectivity index (χ4v) is 2.91. The monoisotopic (exact) mass is 453 g/mol. The first-order valence-corrected chi connectivity index (χ1v) is 8.56. The maximum absolute atomic E-state index is 12.8. The third kappa shape index (κ3) is 3.90. The van der Waals surface area contributed by atoms with Crippen molar-refractivity contribution in [3.63, 3.8) is 0 Å². The Kier molecular flexibility index (Phi) is 4.83. The van der Waals surface area contributed by atoms with E-state index in [1.807, 2.05) is 22.6 Å². The van der Waals surface area contributed by atoms with Gasteiger partial charge < -0.3 is 5.32 Å². The molecular weight excluding hydrogens is 438 g/mol. The normalized spacial score (nSPS) is 14.8. The van der Waals surface area contributed by atoms with E-state index >= 15 is 0 Å². The number of hydrogen-bond donors (Lipinski definition) is 2. The van der Waals surface area contributed by atoms with Crippen molar-refractivity contribution in [2.75, 3.05) is 6.54 Å². The molecule has 2 N–H and O–H groups in total. The minimum atomic E-state index is -4.43. The van der Waals surface area contributed by atoms with E-state index in [9.17, 15) is 18.0 Å². The summed E-state index contributed by atoms with van der Waals surface area (Å²) in [7, 11) is 0. The third-order valence-corrected chi connectivity index (χ3v) is 4.57. The number of H-pyrrole nitrogens is 1. The zero-order chi connectivity index (χ0) is 17.3. The van der Waals surface area contributed by atoms with E-state index in [0.717, 1.165) is 18.9 Å². The molecule has 1 amide bonds. The molecular formula is C14H15F3IN5O. The largest absolute Gasteiger partial charge is 0.435 e. The summed E-state index contributed by atoms with van der Waals surface area (Å²) in [4.78, 5) is 11.9. The van der Waals surface area contributed by atoms with Gasteiger partial charge in [0.1, 0.15) is 5.69 Å². The predicted molar refractivity (Wildman–Crippen MR) is 87.5 cm³/mol. The van der Waals surface area contributed by atoms with Crippen LogP contribution < -0.4 is 5.32 Å². The fourth-order valence-electron chi connectivity index (χ4n) is 2.41. The lowest BCUT2D eigenvalue weighted by molar-refractivity contribution is -0.141. The summed E-state index contributed by atoms with van der Waals surface area (Å²) in [5.74, 6) is -0.106. The molecule has 1 fully saturated rings. The number of alkyl halides is 3. The smallest absolute Gasteiger partial charge is 0.351 e. The molecule has 1 saturated carbocycles. The SMILES string of the molecule is O=C(NCCCn1nc(C(F)(F)F)cc1C1CC1)c1[nH]ncc1I. The van der Waals surface area contributed by atoms with Crippen molar-refractivity contribution in [1.29, 1.82) is 0 Å². The van der Waals surface area contributed by atoms with Crippen LogP contribution in [0.4, 0.5) is 13.2 Å². The number of nitrogens with one attached hydrogen (secondary N) is 2. The zero-order valence-corrected chi connectivity index (χ0v) is 14.7. The predicted octanol–water partition coefficient (Wildman–Crippen LogP) is 2.93. The van der Waals surface area contributed by atoms with Crippen LogP contribution in [0.5, 0.6) is 0 Å². The second-order valence-corrected chi connectivity index (χ2v) is 6.81. The summed E-state index contributed by atoms with van der Waals surface area (Å²) >= 11 is 1.99. The van der Waals surface area contributed by atoms with E-state index in [-0.39, 0.29) is 11.8 Å². The van der Waals surface area contributed by atoms with Crippen molar-refractivity contribution >= 4 is 28.5 Å². The van der Waals surface area contributed by atoms with Crippen molar-refractivity contribution < 1.29 is 18.0 Å². The van der Waals surface area contributed by atoms with Gasteiger partial charge in [0.15, 0.2) is 5.69 Å². The summed E-state index contributed by atoms with van der Waals surface area (Å²) in [5, 5.41) is 12.8. The van der Waals surface area contributed by atoms with Crippen molar-refractivity contribution in [2.45, 2.75) is 37.9 Å². The first kappa shape index (κ1) is 17.2. The van der Waals surface area contributed by atoms with E-state index in [0.29, 0.717) is 34.5 Å². The average molecular weight is 453 g/mol. The Balaban J connectivity index is 1.56. The summed E-state index contributed by atoms with van der Waals surface area (Å²) in [6, 6.07) is 1.14. The van der Waals surface area contributed by atoms with Gasteiger partial charge in [-0.1, -0.05) is 0 Å². The van der Waals surface area contributed by atoms with Crippen LogP contribution in [0.1, 0.15) is 47.1 Å². The number of halogens is 4. The molecule has 0 unspecified atom stereocenters. The lowest BCUT2D eigenvalue weighted by Crippen LogP contribution is -2.26. The highest BCUT2D eigenvalue weighted by Crippen LogP contribution is 2.42.